The summed E-state index contributed by atoms with van der Waals surface area (Å²) in [6, 6.07) is 5.20. The van der Waals surface area contributed by atoms with E-state index in [9.17, 15) is 9.18 Å². The van der Waals surface area contributed by atoms with Gasteiger partial charge >= 0.3 is 6.09 Å². The summed E-state index contributed by atoms with van der Waals surface area (Å²) in [5, 5.41) is 0. The predicted octanol–water partition coefficient (Wildman–Crippen LogP) is 4.16. The molecule has 0 bridgehead atoms. The Morgan fingerprint density at radius 2 is 1.80 bits per heavy atom. The highest BCUT2D eigenvalue weighted by molar-refractivity contribution is 5.69. The molecule has 1 unspecified atom stereocenters. The molecule has 0 spiro atoms. The molecule has 2 rings (SSSR count). The molecule has 7 heteroatoms. The van der Waals surface area contributed by atoms with Crippen LogP contribution in [0.3, 0.4) is 0 Å². The summed E-state index contributed by atoms with van der Waals surface area (Å²) in [4.78, 5) is 18.1. The summed E-state index contributed by atoms with van der Waals surface area (Å²) in [7, 11) is 4.01. The van der Waals surface area contributed by atoms with E-state index < -0.39 is 5.60 Å². The zero-order valence-corrected chi connectivity index (χ0v) is 19.6. The molecule has 1 amide bonds. The van der Waals surface area contributed by atoms with Gasteiger partial charge in [-0.3, -0.25) is 0 Å². The number of carbonyl (C=O) groups excluding carboxylic acids is 1. The molecule has 170 valence electrons. The summed E-state index contributed by atoms with van der Waals surface area (Å²) in [5.74, 6) is -0.0455. The fraction of sp³-hybridized carbons (Fsp3) is 0.696. The average Bonchev–Trinajstić information content (AvgIpc) is 2.63. The molecule has 0 N–H and O–H groups in total. The third-order valence-corrected chi connectivity index (χ3v) is 5.01. The van der Waals surface area contributed by atoms with E-state index in [1.54, 1.807) is 11.0 Å². The number of likely N-dealkylation sites (N-methyl/N-ethyl adjacent to an activating group) is 1. The lowest BCUT2D eigenvalue weighted by atomic mass is 9.96. The van der Waals surface area contributed by atoms with Crippen molar-refractivity contribution < 1.29 is 18.7 Å². The molecule has 0 aromatic heterocycles. The van der Waals surface area contributed by atoms with Gasteiger partial charge in [0.2, 0.25) is 0 Å². The molecule has 0 radical (unpaired) electrons. The predicted molar refractivity (Wildman–Crippen MR) is 119 cm³/mol. The van der Waals surface area contributed by atoms with Crippen molar-refractivity contribution in [2.24, 2.45) is 5.92 Å². The van der Waals surface area contributed by atoms with Crippen molar-refractivity contribution in [2.45, 2.75) is 46.3 Å². The Kier molecular flexibility index (Phi) is 8.50. The molecule has 1 atom stereocenters. The lowest BCUT2D eigenvalue weighted by Crippen LogP contribution is -2.50. The first kappa shape index (κ1) is 24.4. The molecule has 1 aliphatic rings. The number of rotatable bonds is 7. The van der Waals surface area contributed by atoms with Crippen LogP contribution in [0.25, 0.3) is 0 Å². The first-order chi connectivity index (χ1) is 14.0. The van der Waals surface area contributed by atoms with Gasteiger partial charge in [0.05, 0.1) is 18.4 Å². The summed E-state index contributed by atoms with van der Waals surface area (Å²) in [6.45, 7) is 13.2. The van der Waals surface area contributed by atoms with Gasteiger partial charge in [-0.2, -0.15) is 0 Å². The van der Waals surface area contributed by atoms with Crippen LogP contribution in [0.15, 0.2) is 18.2 Å². The van der Waals surface area contributed by atoms with Crippen molar-refractivity contribution in [2.75, 3.05) is 58.3 Å². The van der Waals surface area contributed by atoms with Crippen LogP contribution in [-0.4, -0.2) is 74.9 Å². The van der Waals surface area contributed by atoms with Crippen molar-refractivity contribution in [1.82, 2.24) is 9.80 Å². The number of nitrogens with zero attached hydrogens (tertiary/aromatic N) is 3. The quantitative estimate of drug-likeness (QED) is 0.659. The number of ether oxygens (including phenoxy) is 2. The first-order valence-corrected chi connectivity index (χ1v) is 10.8. The molecule has 0 aliphatic carbocycles. The molecule has 0 saturated carbocycles. The fourth-order valence-electron chi connectivity index (χ4n) is 3.54. The third kappa shape index (κ3) is 6.84. The molecule has 1 saturated heterocycles. The highest BCUT2D eigenvalue weighted by Crippen LogP contribution is 2.36. The van der Waals surface area contributed by atoms with Crippen molar-refractivity contribution in [3.05, 3.63) is 29.6 Å². The topological polar surface area (TPSA) is 45.2 Å². The van der Waals surface area contributed by atoms with Gasteiger partial charge in [0.15, 0.2) is 0 Å². The van der Waals surface area contributed by atoms with E-state index in [2.05, 4.69) is 18.7 Å². The van der Waals surface area contributed by atoms with Crippen molar-refractivity contribution >= 4 is 11.8 Å². The van der Waals surface area contributed by atoms with Crippen LogP contribution < -0.4 is 4.90 Å². The largest absolute Gasteiger partial charge is 0.444 e. The monoisotopic (exact) mass is 423 g/mol. The molecular weight excluding hydrogens is 385 g/mol. The zero-order valence-electron chi connectivity index (χ0n) is 19.6. The minimum absolute atomic E-state index is 0.195. The van der Waals surface area contributed by atoms with Gasteiger partial charge in [-0.25, -0.2) is 9.18 Å². The average molecular weight is 424 g/mol. The van der Waals surface area contributed by atoms with Gasteiger partial charge in [0.25, 0.3) is 0 Å². The van der Waals surface area contributed by atoms with Gasteiger partial charge < -0.3 is 24.2 Å². The Morgan fingerprint density at radius 1 is 1.17 bits per heavy atom. The number of anilines is 1. The summed E-state index contributed by atoms with van der Waals surface area (Å²) in [6.07, 6.45) is -0.512. The van der Waals surface area contributed by atoms with Gasteiger partial charge in [-0.05, 0) is 46.9 Å². The normalized spacial score (nSPS) is 16.3. The van der Waals surface area contributed by atoms with Crippen LogP contribution in [-0.2, 0) is 9.47 Å². The fourth-order valence-corrected chi connectivity index (χ4v) is 3.54. The lowest BCUT2D eigenvalue weighted by Gasteiger charge is -2.38. The maximum Gasteiger partial charge on any atom is 0.410 e. The number of carbonyl (C=O) groups is 1. The van der Waals surface area contributed by atoms with Crippen LogP contribution in [0, 0.1) is 11.7 Å². The van der Waals surface area contributed by atoms with Gasteiger partial charge in [-0.1, -0.05) is 26.0 Å². The molecule has 1 aromatic carbocycles. The Morgan fingerprint density at radius 3 is 2.33 bits per heavy atom. The zero-order chi connectivity index (χ0) is 22.5. The number of hydrogen-bond donors (Lipinski definition) is 0. The van der Waals surface area contributed by atoms with E-state index in [1.165, 1.54) is 6.07 Å². The highest BCUT2D eigenvalue weighted by atomic mass is 19.1. The third-order valence-electron chi connectivity index (χ3n) is 5.01. The van der Waals surface area contributed by atoms with E-state index >= 15 is 0 Å². The van der Waals surface area contributed by atoms with Crippen molar-refractivity contribution in [1.29, 1.82) is 0 Å². The van der Waals surface area contributed by atoms with Crippen LogP contribution in [0.1, 0.15) is 46.3 Å². The molecule has 1 fully saturated rings. The molecular formula is C23H38FN3O3. The number of piperazine rings is 1. The highest BCUT2D eigenvalue weighted by Gasteiger charge is 2.30. The molecule has 1 aliphatic heterocycles. The Hall–Kier alpha value is -1.86. The summed E-state index contributed by atoms with van der Waals surface area (Å²) >= 11 is 0. The van der Waals surface area contributed by atoms with Crippen LogP contribution >= 0.6 is 0 Å². The van der Waals surface area contributed by atoms with Crippen LogP contribution in [0.4, 0.5) is 14.9 Å². The van der Waals surface area contributed by atoms with E-state index in [0.717, 1.165) is 12.1 Å². The minimum atomic E-state index is -0.526. The van der Waals surface area contributed by atoms with Gasteiger partial charge in [0.1, 0.15) is 11.4 Å². The lowest BCUT2D eigenvalue weighted by molar-refractivity contribution is 0.0139. The second-order valence-electron chi connectivity index (χ2n) is 9.47. The van der Waals surface area contributed by atoms with Gasteiger partial charge in [0, 0.05) is 38.3 Å². The van der Waals surface area contributed by atoms with E-state index in [0.29, 0.717) is 38.5 Å². The Balaban J connectivity index is 2.15. The minimum Gasteiger partial charge on any atom is -0.444 e. The molecule has 1 aromatic rings. The smallest absolute Gasteiger partial charge is 0.410 e. The Labute approximate surface area is 180 Å². The number of para-hydroxylation sites is 1. The molecule has 1 heterocycles. The summed E-state index contributed by atoms with van der Waals surface area (Å²) in [5.41, 5.74) is 0.931. The van der Waals surface area contributed by atoms with E-state index in [1.807, 2.05) is 45.8 Å². The van der Waals surface area contributed by atoms with Crippen molar-refractivity contribution in [3.63, 3.8) is 0 Å². The van der Waals surface area contributed by atoms with E-state index in [-0.39, 0.29) is 23.9 Å². The maximum absolute atomic E-state index is 15.0. The SMILES string of the molecule is CC(C)C(OCCN(C)C)c1cccc(F)c1N1CCN(C(=O)OC(C)(C)C)CC1. The number of benzene rings is 1. The first-order valence-electron chi connectivity index (χ1n) is 10.8. The molecule has 6 nitrogen and oxygen atoms in total. The van der Waals surface area contributed by atoms with Gasteiger partial charge in [-0.15, -0.1) is 0 Å². The summed E-state index contributed by atoms with van der Waals surface area (Å²) < 4.78 is 26.6. The Bertz CT molecular complexity index is 695. The molecule has 30 heavy (non-hydrogen) atoms. The number of hydrogen-bond acceptors (Lipinski definition) is 5. The second kappa shape index (κ2) is 10.4. The maximum atomic E-state index is 15.0. The van der Waals surface area contributed by atoms with Crippen molar-refractivity contribution in [3.8, 4) is 0 Å². The number of amides is 1. The van der Waals surface area contributed by atoms with Crippen LogP contribution in [0.5, 0.6) is 0 Å². The second-order valence-corrected chi connectivity index (χ2v) is 9.47. The standard InChI is InChI=1S/C23H38FN3O3/c1-17(2)21(29-16-15-25(6)7)18-9-8-10-19(24)20(18)26-11-13-27(14-12-26)22(28)30-23(3,4)5/h8-10,17,21H,11-16H2,1-7H3. The number of halogens is 1. The van der Waals surface area contributed by atoms with Crippen LogP contribution in [0.2, 0.25) is 0 Å². The van der Waals surface area contributed by atoms with E-state index in [4.69, 9.17) is 9.47 Å².